The van der Waals surface area contributed by atoms with Crippen molar-refractivity contribution >= 4 is 23.5 Å². The van der Waals surface area contributed by atoms with Gasteiger partial charge in [0.05, 0.1) is 6.61 Å². The number of likely N-dealkylation sites (tertiary alicyclic amines) is 1. The number of carboxylic acid groups (broad SMARTS) is 1. The number of hydrogen-bond acceptors (Lipinski definition) is 4. The van der Waals surface area contributed by atoms with Crippen LogP contribution in [-0.2, 0) is 9.53 Å². The van der Waals surface area contributed by atoms with Gasteiger partial charge in [-0.2, -0.15) is 0 Å². The Balaban J connectivity index is 1.92. The molecule has 0 radical (unpaired) electrons. The summed E-state index contributed by atoms with van der Waals surface area (Å²) < 4.78 is 5.90. The summed E-state index contributed by atoms with van der Waals surface area (Å²) in [5, 5.41) is 9.98. The summed E-state index contributed by atoms with van der Waals surface area (Å²) in [4.78, 5) is 28.4. The van der Waals surface area contributed by atoms with E-state index in [4.69, 9.17) is 16.3 Å². The fourth-order valence-electron chi connectivity index (χ4n) is 3.53. The quantitative estimate of drug-likeness (QED) is 0.901. The van der Waals surface area contributed by atoms with Crippen LogP contribution in [0.5, 0.6) is 0 Å². The molecule has 0 aliphatic carbocycles. The minimum Gasteiger partial charge on any atom is -0.480 e. The highest BCUT2D eigenvalue weighted by atomic mass is 35.5. The number of aliphatic carboxylic acids is 1. The van der Waals surface area contributed by atoms with Crippen LogP contribution in [0.25, 0.3) is 0 Å². The molecule has 24 heavy (non-hydrogen) atoms. The van der Waals surface area contributed by atoms with Crippen LogP contribution in [0, 0.1) is 0 Å². The third kappa shape index (κ3) is 3.01. The number of carboxylic acids is 1. The first-order valence-electron chi connectivity index (χ1n) is 8.15. The second kappa shape index (κ2) is 6.70. The second-order valence-electron chi connectivity index (χ2n) is 6.23. The lowest BCUT2D eigenvalue weighted by Gasteiger charge is -2.44. The van der Waals surface area contributed by atoms with Crippen molar-refractivity contribution in [3.05, 3.63) is 34.9 Å². The Morgan fingerprint density at radius 1 is 1.38 bits per heavy atom. The molecule has 1 aromatic rings. The minimum absolute atomic E-state index is 0.0216. The number of halogens is 1. The van der Waals surface area contributed by atoms with Crippen molar-refractivity contribution in [3.63, 3.8) is 0 Å². The van der Waals surface area contributed by atoms with E-state index in [-0.39, 0.29) is 12.5 Å². The SMILES string of the molecule is CCN1CCC2(CC1)OCC(C(=O)O)N2C(=O)c1cccc(Cl)c1. The molecule has 1 N–H and O–H groups in total. The average molecular weight is 353 g/mol. The van der Waals surface area contributed by atoms with Crippen LogP contribution in [0.2, 0.25) is 5.02 Å². The van der Waals surface area contributed by atoms with Gasteiger partial charge in [-0.05, 0) is 24.7 Å². The van der Waals surface area contributed by atoms with Crippen LogP contribution < -0.4 is 0 Å². The van der Waals surface area contributed by atoms with E-state index in [1.165, 1.54) is 4.90 Å². The van der Waals surface area contributed by atoms with Crippen molar-refractivity contribution in [2.24, 2.45) is 0 Å². The van der Waals surface area contributed by atoms with E-state index >= 15 is 0 Å². The molecule has 1 atom stereocenters. The number of rotatable bonds is 3. The standard InChI is InChI=1S/C17H21ClN2O4/c1-2-19-8-6-17(7-9-19)20(14(11-24-17)16(22)23)15(21)12-4-3-5-13(18)10-12/h3-5,10,14H,2,6-9,11H2,1H3,(H,22,23). The van der Waals surface area contributed by atoms with E-state index in [9.17, 15) is 14.7 Å². The van der Waals surface area contributed by atoms with Crippen LogP contribution in [-0.4, -0.2) is 64.8 Å². The maximum Gasteiger partial charge on any atom is 0.328 e. The van der Waals surface area contributed by atoms with Crippen molar-refractivity contribution in [1.29, 1.82) is 0 Å². The molecule has 2 aliphatic heterocycles. The lowest BCUT2D eigenvalue weighted by atomic mass is 9.97. The highest BCUT2D eigenvalue weighted by Gasteiger charge is 2.53. The van der Waals surface area contributed by atoms with Gasteiger partial charge in [0.1, 0.15) is 5.72 Å². The van der Waals surface area contributed by atoms with Crippen LogP contribution in [0.4, 0.5) is 0 Å². The van der Waals surface area contributed by atoms with Crippen molar-refractivity contribution in [2.45, 2.75) is 31.5 Å². The molecule has 1 unspecified atom stereocenters. The molecule has 1 spiro atoms. The first-order chi connectivity index (χ1) is 11.5. The van der Waals surface area contributed by atoms with Gasteiger partial charge in [0.15, 0.2) is 6.04 Å². The zero-order valence-electron chi connectivity index (χ0n) is 13.6. The van der Waals surface area contributed by atoms with Gasteiger partial charge in [0.25, 0.3) is 5.91 Å². The summed E-state index contributed by atoms with van der Waals surface area (Å²) in [6.45, 7) is 4.60. The fourth-order valence-corrected chi connectivity index (χ4v) is 3.73. The molecular formula is C17H21ClN2O4. The van der Waals surface area contributed by atoms with Crippen LogP contribution >= 0.6 is 11.6 Å². The molecule has 1 aromatic carbocycles. The second-order valence-corrected chi connectivity index (χ2v) is 6.67. The number of hydrogen-bond donors (Lipinski definition) is 1. The number of amides is 1. The van der Waals surface area contributed by atoms with Gasteiger partial charge >= 0.3 is 5.97 Å². The summed E-state index contributed by atoms with van der Waals surface area (Å²) in [6.07, 6.45) is 1.22. The Hall–Kier alpha value is -1.63. The zero-order chi connectivity index (χ0) is 17.3. The molecule has 6 nitrogen and oxygen atoms in total. The van der Waals surface area contributed by atoms with Crippen molar-refractivity contribution in [2.75, 3.05) is 26.2 Å². The summed E-state index contributed by atoms with van der Waals surface area (Å²) in [6, 6.07) is 5.62. The summed E-state index contributed by atoms with van der Waals surface area (Å²) in [5.41, 5.74) is -0.453. The molecule has 0 saturated carbocycles. The third-order valence-corrected chi connectivity index (χ3v) is 5.16. The first-order valence-corrected chi connectivity index (χ1v) is 8.53. The van der Waals surface area contributed by atoms with Gasteiger partial charge in [-0.3, -0.25) is 9.69 Å². The van der Waals surface area contributed by atoms with Crippen LogP contribution in [0.3, 0.4) is 0 Å². The number of piperidine rings is 1. The molecule has 2 saturated heterocycles. The maximum absolute atomic E-state index is 13.0. The Bertz CT molecular complexity index is 643. The monoisotopic (exact) mass is 352 g/mol. The van der Waals surface area contributed by atoms with E-state index < -0.39 is 17.7 Å². The average Bonchev–Trinajstić information content (AvgIpc) is 2.94. The Labute approximate surface area is 145 Å². The molecule has 0 aromatic heterocycles. The molecular weight excluding hydrogens is 332 g/mol. The summed E-state index contributed by atoms with van der Waals surface area (Å²) >= 11 is 5.98. The van der Waals surface area contributed by atoms with Crippen LogP contribution in [0.1, 0.15) is 30.1 Å². The lowest BCUT2D eigenvalue weighted by Crippen LogP contribution is -2.58. The molecule has 130 valence electrons. The first kappa shape index (κ1) is 17.2. The van der Waals surface area contributed by atoms with Gasteiger partial charge < -0.3 is 14.7 Å². The molecule has 0 bridgehead atoms. The van der Waals surface area contributed by atoms with Crippen molar-refractivity contribution in [1.82, 2.24) is 9.80 Å². The maximum atomic E-state index is 13.0. The number of nitrogens with zero attached hydrogens (tertiary/aromatic N) is 2. The topological polar surface area (TPSA) is 70.1 Å². The predicted molar refractivity (Wildman–Crippen MR) is 89.1 cm³/mol. The van der Waals surface area contributed by atoms with Gasteiger partial charge in [-0.25, -0.2) is 4.79 Å². The smallest absolute Gasteiger partial charge is 0.328 e. The molecule has 2 fully saturated rings. The number of carbonyl (C=O) groups excluding carboxylic acids is 1. The van der Waals surface area contributed by atoms with E-state index in [0.29, 0.717) is 23.4 Å². The number of ether oxygens (including phenoxy) is 1. The fraction of sp³-hybridized carbons (Fsp3) is 0.529. The van der Waals surface area contributed by atoms with Gasteiger partial charge in [0, 0.05) is 36.5 Å². The normalized spacial score (nSPS) is 23.6. The molecule has 1 amide bonds. The van der Waals surface area contributed by atoms with E-state index in [1.807, 2.05) is 0 Å². The zero-order valence-corrected chi connectivity index (χ0v) is 14.3. The molecule has 3 rings (SSSR count). The van der Waals surface area contributed by atoms with Gasteiger partial charge in [-0.15, -0.1) is 0 Å². The lowest BCUT2D eigenvalue weighted by molar-refractivity contribution is -0.143. The van der Waals surface area contributed by atoms with E-state index in [1.54, 1.807) is 24.3 Å². The summed E-state index contributed by atoms with van der Waals surface area (Å²) in [5.74, 6) is -1.38. The third-order valence-electron chi connectivity index (χ3n) is 4.92. The molecule has 2 heterocycles. The molecule has 2 aliphatic rings. The highest BCUT2D eigenvalue weighted by molar-refractivity contribution is 6.31. The minimum atomic E-state index is -1.04. The Morgan fingerprint density at radius 3 is 2.67 bits per heavy atom. The van der Waals surface area contributed by atoms with Gasteiger partial charge in [0.2, 0.25) is 0 Å². The van der Waals surface area contributed by atoms with Crippen LogP contribution in [0.15, 0.2) is 24.3 Å². The number of carbonyl (C=O) groups is 2. The highest BCUT2D eigenvalue weighted by Crippen LogP contribution is 2.38. The number of benzene rings is 1. The Morgan fingerprint density at radius 2 is 2.08 bits per heavy atom. The van der Waals surface area contributed by atoms with E-state index in [0.717, 1.165) is 19.6 Å². The Kier molecular flexibility index (Phi) is 4.80. The van der Waals surface area contributed by atoms with Crippen molar-refractivity contribution in [3.8, 4) is 0 Å². The summed E-state index contributed by atoms with van der Waals surface area (Å²) in [7, 11) is 0. The van der Waals surface area contributed by atoms with Crippen molar-refractivity contribution < 1.29 is 19.4 Å². The predicted octanol–water partition coefficient (Wildman–Crippen LogP) is 2.08. The van der Waals surface area contributed by atoms with E-state index in [2.05, 4.69) is 11.8 Å². The molecule has 7 heteroatoms. The largest absolute Gasteiger partial charge is 0.480 e. The van der Waals surface area contributed by atoms with Gasteiger partial charge in [-0.1, -0.05) is 24.6 Å².